The molecule has 5 heteroatoms. The lowest BCUT2D eigenvalue weighted by Crippen LogP contribution is -2.40. The Morgan fingerprint density at radius 1 is 0.923 bits per heavy atom. The van der Waals surface area contributed by atoms with Gasteiger partial charge in [0.1, 0.15) is 0 Å². The first-order valence-corrected chi connectivity index (χ1v) is 9.41. The topological polar surface area (TPSA) is 37.4 Å². The Bertz CT molecular complexity index is 921. The minimum Gasteiger partial charge on any atom is -0.294 e. The second-order valence-corrected chi connectivity index (χ2v) is 7.45. The number of halogens is 2. The number of nitrogens with zero attached hydrogens (tertiary/aromatic N) is 1. The minimum atomic E-state index is -0.264. The number of rotatable bonds is 2. The molecule has 0 saturated carbocycles. The normalized spacial score (nSPS) is 20.4. The third-order valence-corrected chi connectivity index (χ3v) is 5.77. The SMILES string of the molecule is O=C1CCCC2=C1C(c1ccc(Cl)c(Cl)c1)CC(=O)N2c1ccccc1. The third kappa shape index (κ3) is 2.95. The van der Waals surface area contributed by atoms with Crippen molar-refractivity contribution in [1.82, 2.24) is 0 Å². The van der Waals surface area contributed by atoms with Crippen LogP contribution in [0.5, 0.6) is 0 Å². The second-order valence-electron chi connectivity index (χ2n) is 6.63. The Kier molecular flexibility index (Phi) is 4.60. The van der Waals surface area contributed by atoms with Gasteiger partial charge in [0.2, 0.25) is 5.91 Å². The smallest absolute Gasteiger partial charge is 0.232 e. The van der Waals surface area contributed by atoms with Crippen LogP contribution in [0.2, 0.25) is 10.0 Å². The number of allylic oxidation sites excluding steroid dienone is 2. The van der Waals surface area contributed by atoms with Crippen LogP contribution in [0.1, 0.15) is 37.2 Å². The monoisotopic (exact) mass is 385 g/mol. The van der Waals surface area contributed by atoms with Crippen LogP contribution in [0.15, 0.2) is 59.8 Å². The maximum Gasteiger partial charge on any atom is 0.232 e. The Labute approximate surface area is 162 Å². The summed E-state index contributed by atoms with van der Waals surface area (Å²) in [5, 5.41) is 0.903. The lowest BCUT2D eigenvalue weighted by atomic mass is 9.77. The van der Waals surface area contributed by atoms with Crippen molar-refractivity contribution in [1.29, 1.82) is 0 Å². The molecule has 2 aromatic rings. The van der Waals surface area contributed by atoms with Crippen LogP contribution in [-0.4, -0.2) is 11.7 Å². The number of hydrogen-bond acceptors (Lipinski definition) is 2. The molecule has 4 rings (SSSR count). The van der Waals surface area contributed by atoms with E-state index in [2.05, 4.69) is 0 Å². The van der Waals surface area contributed by atoms with Gasteiger partial charge in [-0.05, 0) is 42.7 Å². The molecule has 132 valence electrons. The molecule has 1 aliphatic heterocycles. The molecule has 2 aliphatic rings. The highest BCUT2D eigenvalue weighted by Crippen LogP contribution is 2.44. The standard InChI is InChI=1S/C21H17Cl2NO2/c22-16-10-9-13(11-17(16)23)15-12-20(26)24(14-5-2-1-3-6-14)18-7-4-8-19(25)21(15)18/h1-3,5-6,9-11,15H,4,7-8,12H2. The highest BCUT2D eigenvalue weighted by Gasteiger charge is 2.39. The summed E-state index contributed by atoms with van der Waals surface area (Å²) >= 11 is 12.2. The highest BCUT2D eigenvalue weighted by atomic mass is 35.5. The quantitative estimate of drug-likeness (QED) is 0.682. The van der Waals surface area contributed by atoms with E-state index in [1.165, 1.54) is 0 Å². The molecule has 3 nitrogen and oxygen atoms in total. The molecule has 0 bridgehead atoms. The molecular weight excluding hydrogens is 369 g/mol. The van der Waals surface area contributed by atoms with Crippen LogP contribution in [0.3, 0.4) is 0 Å². The summed E-state index contributed by atoms with van der Waals surface area (Å²) in [7, 11) is 0. The van der Waals surface area contributed by atoms with Crippen molar-refractivity contribution < 1.29 is 9.59 Å². The predicted molar refractivity (Wildman–Crippen MR) is 104 cm³/mol. The number of amides is 1. The molecular formula is C21H17Cl2NO2. The van der Waals surface area contributed by atoms with Crippen molar-refractivity contribution >= 4 is 40.6 Å². The summed E-state index contributed by atoms with van der Waals surface area (Å²) in [6.45, 7) is 0. The fourth-order valence-electron chi connectivity index (χ4n) is 3.88. The molecule has 0 spiro atoms. The number of hydrogen-bond donors (Lipinski definition) is 0. The largest absolute Gasteiger partial charge is 0.294 e. The number of carbonyl (C=O) groups excluding carboxylic acids is 2. The number of benzene rings is 2. The summed E-state index contributed by atoms with van der Waals surface area (Å²) in [5.74, 6) is -0.142. The van der Waals surface area contributed by atoms with E-state index in [9.17, 15) is 9.59 Å². The number of ketones is 1. The third-order valence-electron chi connectivity index (χ3n) is 5.04. The van der Waals surface area contributed by atoms with Gasteiger partial charge in [0.25, 0.3) is 0 Å². The van der Waals surface area contributed by atoms with Crippen molar-refractivity contribution in [3.63, 3.8) is 0 Å². The van der Waals surface area contributed by atoms with Crippen LogP contribution >= 0.6 is 23.2 Å². The Balaban J connectivity index is 1.86. The first-order chi connectivity index (χ1) is 12.6. The van der Waals surface area contributed by atoms with E-state index in [0.29, 0.717) is 16.5 Å². The van der Waals surface area contributed by atoms with Gasteiger partial charge in [-0.25, -0.2) is 0 Å². The van der Waals surface area contributed by atoms with E-state index >= 15 is 0 Å². The van der Waals surface area contributed by atoms with Gasteiger partial charge >= 0.3 is 0 Å². The van der Waals surface area contributed by atoms with Gasteiger partial charge in [-0.15, -0.1) is 0 Å². The Hall–Kier alpha value is -2.10. The fraction of sp³-hybridized carbons (Fsp3) is 0.238. The van der Waals surface area contributed by atoms with Crippen molar-refractivity contribution in [3.8, 4) is 0 Å². The highest BCUT2D eigenvalue weighted by molar-refractivity contribution is 6.42. The van der Waals surface area contributed by atoms with E-state index in [-0.39, 0.29) is 24.0 Å². The zero-order chi connectivity index (χ0) is 18.3. The molecule has 0 saturated heterocycles. The first-order valence-electron chi connectivity index (χ1n) is 8.65. The molecule has 26 heavy (non-hydrogen) atoms. The Morgan fingerprint density at radius 3 is 2.42 bits per heavy atom. The number of para-hydroxylation sites is 1. The lowest BCUT2D eigenvalue weighted by Gasteiger charge is -2.38. The van der Waals surface area contributed by atoms with Gasteiger partial charge < -0.3 is 0 Å². The molecule has 0 fully saturated rings. The van der Waals surface area contributed by atoms with Gasteiger partial charge in [-0.1, -0.05) is 47.5 Å². The second kappa shape index (κ2) is 6.90. The van der Waals surface area contributed by atoms with Crippen LogP contribution in [0, 0.1) is 0 Å². The summed E-state index contributed by atoms with van der Waals surface area (Å²) in [6.07, 6.45) is 2.26. The van der Waals surface area contributed by atoms with E-state index in [0.717, 1.165) is 35.4 Å². The zero-order valence-corrected chi connectivity index (χ0v) is 15.6. The molecule has 1 unspecified atom stereocenters. The summed E-state index contributed by atoms with van der Waals surface area (Å²) in [6, 6.07) is 14.9. The number of Topliss-reactive ketones (excluding diaryl/α,β-unsaturated/α-hetero) is 1. The van der Waals surface area contributed by atoms with Gasteiger partial charge in [0.15, 0.2) is 5.78 Å². The maximum absolute atomic E-state index is 13.0. The van der Waals surface area contributed by atoms with Crippen LogP contribution in [-0.2, 0) is 9.59 Å². The minimum absolute atomic E-state index is 0.000669. The van der Waals surface area contributed by atoms with E-state index < -0.39 is 0 Å². The summed E-state index contributed by atoms with van der Waals surface area (Å²) < 4.78 is 0. The molecule has 1 amide bonds. The van der Waals surface area contributed by atoms with Crippen molar-refractivity contribution in [2.45, 2.75) is 31.6 Å². The van der Waals surface area contributed by atoms with Crippen LogP contribution in [0.25, 0.3) is 0 Å². The van der Waals surface area contributed by atoms with E-state index in [4.69, 9.17) is 23.2 Å². The molecule has 1 heterocycles. The zero-order valence-electron chi connectivity index (χ0n) is 14.0. The van der Waals surface area contributed by atoms with Crippen LogP contribution in [0.4, 0.5) is 5.69 Å². The molecule has 0 aromatic heterocycles. The lowest BCUT2D eigenvalue weighted by molar-refractivity contribution is -0.119. The van der Waals surface area contributed by atoms with E-state index in [1.54, 1.807) is 17.0 Å². The van der Waals surface area contributed by atoms with Gasteiger partial charge in [-0.3, -0.25) is 14.5 Å². The van der Waals surface area contributed by atoms with Crippen molar-refractivity contribution in [3.05, 3.63) is 75.4 Å². The first kappa shape index (κ1) is 17.3. The molecule has 0 radical (unpaired) electrons. The van der Waals surface area contributed by atoms with Gasteiger partial charge in [-0.2, -0.15) is 0 Å². The molecule has 1 atom stereocenters. The fourth-order valence-corrected chi connectivity index (χ4v) is 4.19. The maximum atomic E-state index is 13.0. The van der Waals surface area contributed by atoms with E-state index in [1.807, 2.05) is 36.4 Å². The summed E-state index contributed by atoms with van der Waals surface area (Å²) in [5.41, 5.74) is 3.26. The average molecular weight is 386 g/mol. The van der Waals surface area contributed by atoms with Gasteiger partial charge in [0.05, 0.1) is 10.0 Å². The van der Waals surface area contributed by atoms with Crippen LogP contribution < -0.4 is 4.90 Å². The predicted octanol–water partition coefficient (Wildman–Crippen LogP) is 5.52. The van der Waals surface area contributed by atoms with Gasteiger partial charge in [0, 0.05) is 35.7 Å². The Morgan fingerprint density at radius 2 is 1.69 bits per heavy atom. The molecule has 2 aromatic carbocycles. The van der Waals surface area contributed by atoms with Crippen molar-refractivity contribution in [2.75, 3.05) is 4.90 Å². The molecule has 0 N–H and O–H groups in total. The summed E-state index contributed by atoms with van der Waals surface area (Å²) in [4.78, 5) is 27.5. The number of anilines is 1. The molecule has 1 aliphatic carbocycles. The number of carbonyl (C=O) groups is 2. The van der Waals surface area contributed by atoms with Crippen molar-refractivity contribution in [2.24, 2.45) is 0 Å². The average Bonchev–Trinajstić information content (AvgIpc) is 2.64.